The Hall–Kier alpha value is -0.870. The summed E-state index contributed by atoms with van der Waals surface area (Å²) in [5.74, 6) is 2.75. The summed E-state index contributed by atoms with van der Waals surface area (Å²) < 4.78 is 2.17. The third-order valence-corrected chi connectivity index (χ3v) is 4.46. The molecule has 2 aliphatic heterocycles. The molecule has 94 valence electrons. The summed E-state index contributed by atoms with van der Waals surface area (Å²) in [5.41, 5.74) is 0. The first-order valence-corrected chi connectivity index (χ1v) is 6.51. The Morgan fingerprint density at radius 3 is 2.53 bits per heavy atom. The lowest BCUT2D eigenvalue weighted by Gasteiger charge is -2.42. The zero-order valence-corrected chi connectivity index (χ0v) is 11.0. The zero-order valence-electron chi connectivity index (χ0n) is 11.0. The van der Waals surface area contributed by atoms with Gasteiger partial charge in [-0.25, -0.2) is 4.98 Å². The molecular formula is C13H22N4. The highest BCUT2D eigenvalue weighted by Gasteiger charge is 2.40. The summed E-state index contributed by atoms with van der Waals surface area (Å²) in [7, 11) is 6.58. The Kier molecular flexibility index (Phi) is 2.71. The average Bonchev–Trinajstić information content (AvgIpc) is 2.80. The van der Waals surface area contributed by atoms with Gasteiger partial charge < -0.3 is 14.4 Å². The third kappa shape index (κ3) is 1.89. The molecule has 2 aliphatic rings. The van der Waals surface area contributed by atoms with E-state index in [1.807, 2.05) is 6.20 Å². The van der Waals surface area contributed by atoms with Crippen LogP contribution in [0.1, 0.15) is 18.2 Å². The van der Waals surface area contributed by atoms with E-state index in [2.05, 4.69) is 46.7 Å². The second-order valence-electron chi connectivity index (χ2n) is 5.82. The van der Waals surface area contributed by atoms with E-state index in [4.69, 9.17) is 0 Å². The number of likely N-dealkylation sites (N-methyl/N-ethyl adjacent to an activating group) is 1. The topological polar surface area (TPSA) is 24.3 Å². The lowest BCUT2D eigenvalue weighted by molar-refractivity contribution is 0.0669. The molecule has 0 aromatic carbocycles. The lowest BCUT2D eigenvalue weighted by Crippen LogP contribution is -2.52. The van der Waals surface area contributed by atoms with Gasteiger partial charge in [0.1, 0.15) is 5.82 Å². The number of aryl methyl sites for hydroxylation is 1. The summed E-state index contributed by atoms with van der Waals surface area (Å²) in [4.78, 5) is 9.46. The molecule has 0 amide bonds. The van der Waals surface area contributed by atoms with Crippen LogP contribution in [0.3, 0.4) is 0 Å². The lowest BCUT2D eigenvalue weighted by atomic mass is 9.88. The van der Waals surface area contributed by atoms with Crippen LogP contribution in [0.4, 0.5) is 0 Å². The predicted octanol–water partition coefficient (Wildman–Crippen LogP) is 0.769. The smallest absolute Gasteiger partial charge is 0.112 e. The molecule has 1 aromatic heterocycles. The maximum Gasteiger partial charge on any atom is 0.112 e. The van der Waals surface area contributed by atoms with Gasteiger partial charge in [0.05, 0.1) is 0 Å². The largest absolute Gasteiger partial charge is 0.338 e. The van der Waals surface area contributed by atoms with Crippen molar-refractivity contribution in [3.8, 4) is 0 Å². The predicted molar refractivity (Wildman–Crippen MR) is 68.0 cm³/mol. The van der Waals surface area contributed by atoms with Crippen molar-refractivity contribution in [2.24, 2.45) is 13.0 Å². The van der Waals surface area contributed by atoms with Gasteiger partial charge in [0, 0.05) is 51.0 Å². The van der Waals surface area contributed by atoms with Gasteiger partial charge in [-0.15, -0.1) is 0 Å². The number of hydrogen-bond acceptors (Lipinski definition) is 3. The van der Waals surface area contributed by atoms with Crippen LogP contribution >= 0.6 is 0 Å². The van der Waals surface area contributed by atoms with E-state index in [1.54, 1.807) is 0 Å². The van der Waals surface area contributed by atoms with Crippen LogP contribution in [0.15, 0.2) is 12.4 Å². The molecule has 2 fully saturated rings. The van der Waals surface area contributed by atoms with Crippen molar-refractivity contribution in [3.63, 3.8) is 0 Å². The molecule has 0 N–H and O–H groups in total. The Balaban J connectivity index is 1.69. The molecule has 0 spiro atoms. The first-order chi connectivity index (χ1) is 8.15. The number of rotatable bonds is 2. The number of aromatic nitrogens is 2. The highest BCUT2D eigenvalue weighted by Crippen LogP contribution is 2.35. The van der Waals surface area contributed by atoms with Gasteiger partial charge in [-0.2, -0.15) is 0 Å². The van der Waals surface area contributed by atoms with Gasteiger partial charge >= 0.3 is 0 Å². The molecule has 2 saturated heterocycles. The van der Waals surface area contributed by atoms with Crippen molar-refractivity contribution < 1.29 is 0 Å². The Bertz CT molecular complexity index is 394. The van der Waals surface area contributed by atoms with Crippen LogP contribution in [0.5, 0.6) is 0 Å². The van der Waals surface area contributed by atoms with E-state index in [9.17, 15) is 0 Å². The van der Waals surface area contributed by atoms with Gasteiger partial charge in [-0.1, -0.05) is 0 Å². The number of nitrogens with zero attached hydrogens (tertiary/aromatic N) is 4. The van der Waals surface area contributed by atoms with Crippen molar-refractivity contribution >= 4 is 0 Å². The molecule has 3 heterocycles. The molecule has 0 saturated carbocycles. The van der Waals surface area contributed by atoms with E-state index >= 15 is 0 Å². The third-order valence-electron chi connectivity index (χ3n) is 4.46. The van der Waals surface area contributed by atoms with E-state index in [-0.39, 0.29) is 0 Å². The fraction of sp³-hybridized carbons (Fsp3) is 0.769. The number of imidazole rings is 1. The van der Waals surface area contributed by atoms with Crippen molar-refractivity contribution in [1.82, 2.24) is 19.4 Å². The Morgan fingerprint density at radius 2 is 1.94 bits per heavy atom. The fourth-order valence-electron chi connectivity index (χ4n) is 3.53. The normalized spacial score (nSPS) is 31.9. The van der Waals surface area contributed by atoms with Gasteiger partial charge in [0.25, 0.3) is 0 Å². The van der Waals surface area contributed by atoms with Crippen LogP contribution < -0.4 is 0 Å². The van der Waals surface area contributed by atoms with Gasteiger partial charge in [0.2, 0.25) is 0 Å². The van der Waals surface area contributed by atoms with Gasteiger partial charge in [0.15, 0.2) is 0 Å². The minimum atomic E-state index is 0.621. The minimum absolute atomic E-state index is 0.621. The van der Waals surface area contributed by atoms with Gasteiger partial charge in [-0.05, 0) is 26.4 Å². The monoisotopic (exact) mass is 234 g/mol. The molecule has 0 radical (unpaired) electrons. The quantitative estimate of drug-likeness (QED) is 0.755. The summed E-state index contributed by atoms with van der Waals surface area (Å²) in [6.45, 7) is 3.69. The fourth-order valence-corrected chi connectivity index (χ4v) is 3.53. The molecule has 2 atom stereocenters. The molecule has 2 unspecified atom stereocenters. The van der Waals surface area contributed by atoms with Gasteiger partial charge in [-0.3, -0.25) is 0 Å². The average molecular weight is 234 g/mol. The molecular weight excluding hydrogens is 212 g/mol. The molecule has 1 aromatic rings. The first kappa shape index (κ1) is 11.2. The maximum absolute atomic E-state index is 4.51. The first-order valence-electron chi connectivity index (χ1n) is 6.51. The molecule has 3 rings (SSSR count). The summed E-state index contributed by atoms with van der Waals surface area (Å²) in [5, 5.41) is 0. The summed E-state index contributed by atoms with van der Waals surface area (Å²) >= 11 is 0. The van der Waals surface area contributed by atoms with Crippen LogP contribution in [0.25, 0.3) is 0 Å². The Morgan fingerprint density at radius 1 is 1.18 bits per heavy atom. The molecule has 4 nitrogen and oxygen atoms in total. The summed E-state index contributed by atoms with van der Waals surface area (Å²) in [6, 6.07) is 0.757. The highest BCUT2D eigenvalue weighted by atomic mass is 15.2. The van der Waals surface area contributed by atoms with Crippen molar-refractivity contribution in [2.45, 2.75) is 18.4 Å². The molecule has 0 bridgehead atoms. The molecule has 17 heavy (non-hydrogen) atoms. The van der Waals surface area contributed by atoms with Crippen molar-refractivity contribution in [1.29, 1.82) is 0 Å². The van der Waals surface area contributed by atoms with Crippen LogP contribution in [0.2, 0.25) is 0 Å². The van der Waals surface area contributed by atoms with Crippen LogP contribution in [-0.4, -0.2) is 59.1 Å². The van der Waals surface area contributed by atoms with E-state index in [1.165, 1.54) is 25.3 Å². The van der Waals surface area contributed by atoms with Crippen molar-refractivity contribution in [2.75, 3.05) is 33.7 Å². The SMILES string of the molecule is CN1CC(C2CC(c3nccn3C)CN2C)C1. The molecule has 0 aliphatic carbocycles. The maximum atomic E-state index is 4.51. The van der Waals surface area contributed by atoms with Crippen LogP contribution in [0, 0.1) is 5.92 Å². The second-order valence-corrected chi connectivity index (χ2v) is 5.82. The van der Waals surface area contributed by atoms with Crippen LogP contribution in [-0.2, 0) is 7.05 Å². The number of likely N-dealkylation sites (tertiary alicyclic amines) is 2. The second kappa shape index (κ2) is 4.10. The van der Waals surface area contributed by atoms with E-state index in [0.717, 1.165) is 18.5 Å². The Labute approximate surface area is 103 Å². The minimum Gasteiger partial charge on any atom is -0.338 e. The van der Waals surface area contributed by atoms with E-state index in [0.29, 0.717) is 5.92 Å². The number of hydrogen-bond donors (Lipinski definition) is 0. The van der Waals surface area contributed by atoms with E-state index < -0.39 is 0 Å². The highest BCUT2D eigenvalue weighted by molar-refractivity contribution is 5.07. The zero-order chi connectivity index (χ0) is 12.0. The van der Waals surface area contributed by atoms with Crippen molar-refractivity contribution in [3.05, 3.63) is 18.2 Å². The standard InChI is InChI=1S/C13H22N4/c1-15-7-11(8-15)12-6-10(9-17(12)3)13-14-4-5-16(13)2/h4-5,10-12H,6-9H2,1-3H3. The molecule has 4 heteroatoms. The summed E-state index contributed by atoms with van der Waals surface area (Å²) in [6.07, 6.45) is 5.25.